The second-order valence-electron chi connectivity index (χ2n) is 12.0. The van der Waals surface area contributed by atoms with Crippen molar-refractivity contribution in [1.82, 2.24) is 0 Å². The Hall–Kier alpha value is -4.41. The minimum atomic E-state index is -1.17. The van der Waals surface area contributed by atoms with E-state index in [4.69, 9.17) is 28.4 Å². The molecule has 0 bridgehead atoms. The summed E-state index contributed by atoms with van der Waals surface area (Å²) in [6.07, 6.45) is 7.58. The SMILES string of the molecule is CC(=O)Oc1ccc2c(c1OC(C)=O)O[C@@]1(c3ccc(OC(C)=O)c(OC(C)=O)c3OC(C)=O)CCCC[C@@H]1C21CCCCC1. The highest BCUT2D eigenvalue weighted by Gasteiger charge is 2.61. The van der Waals surface area contributed by atoms with Gasteiger partial charge in [-0.2, -0.15) is 0 Å². The molecule has 2 fully saturated rings. The molecule has 0 aromatic heterocycles. The molecule has 0 N–H and O–H groups in total. The smallest absolute Gasteiger partial charge is 0.308 e. The zero-order valence-electron chi connectivity index (χ0n) is 26.2. The van der Waals surface area contributed by atoms with E-state index in [-0.39, 0.29) is 40.4 Å². The van der Waals surface area contributed by atoms with E-state index in [2.05, 4.69) is 0 Å². The van der Waals surface area contributed by atoms with Crippen LogP contribution in [0.25, 0.3) is 0 Å². The molecular weight excluding hydrogens is 584 g/mol. The maximum atomic E-state index is 12.6. The topological polar surface area (TPSA) is 141 Å². The number of benzene rings is 2. The average Bonchev–Trinajstić information content (AvgIpc) is 2.95. The second kappa shape index (κ2) is 12.5. The standard InChI is InChI=1S/C34H38O11/c1-19(35)40-26-15-13-25(29(42-21(3)37)31(26)43-22(4)38)34-18-10-7-11-28(34)33(16-8-6-9-17-33)24-12-14-27(41-20(2)36)32(30(24)45-34)44-23(5)39/h12-15,28H,6-11,16-18H2,1-5H3/t28-,34-/m1/s1. The quantitative estimate of drug-likeness (QED) is 0.277. The van der Waals surface area contributed by atoms with Crippen molar-refractivity contribution in [2.24, 2.45) is 5.92 Å². The van der Waals surface area contributed by atoms with Gasteiger partial charge in [0.2, 0.25) is 11.5 Å². The summed E-state index contributed by atoms with van der Waals surface area (Å²) in [5.74, 6) is -3.51. The Morgan fingerprint density at radius 3 is 1.64 bits per heavy atom. The van der Waals surface area contributed by atoms with Crippen LogP contribution in [0.2, 0.25) is 0 Å². The Labute approximate surface area is 261 Å². The fraction of sp³-hybridized carbons (Fsp3) is 0.500. The summed E-state index contributed by atoms with van der Waals surface area (Å²) in [5.41, 5.74) is -0.306. The van der Waals surface area contributed by atoms with E-state index in [9.17, 15) is 24.0 Å². The van der Waals surface area contributed by atoms with E-state index in [1.165, 1.54) is 40.7 Å². The molecule has 11 heteroatoms. The number of ether oxygens (including phenoxy) is 6. The molecule has 1 aliphatic heterocycles. The molecule has 2 aliphatic carbocycles. The number of rotatable bonds is 6. The van der Waals surface area contributed by atoms with Crippen LogP contribution in [0.5, 0.6) is 34.5 Å². The summed E-state index contributed by atoms with van der Waals surface area (Å²) in [6.45, 7) is 6.13. The van der Waals surface area contributed by atoms with E-state index in [1.54, 1.807) is 12.1 Å². The van der Waals surface area contributed by atoms with Crippen LogP contribution in [-0.2, 0) is 35.0 Å². The average molecular weight is 623 g/mol. The summed E-state index contributed by atoms with van der Waals surface area (Å²) >= 11 is 0. The molecule has 11 nitrogen and oxygen atoms in total. The summed E-state index contributed by atoms with van der Waals surface area (Å²) < 4.78 is 35.0. The van der Waals surface area contributed by atoms with Gasteiger partial charge in [0, 0.05) is 57.1 Å². The lowest BCUT2D eigenvalue weighted by Crippen LogP contribution is -2.57. The molecule has 5 rings (SSSR count). The van der Waals surface area contributed by atoms with Gasteiger partial charge in [0.1, 0.15) is 5.60 Å². The van der Waals surface area contributed by atoms with Gasteiger partial charge in [0.05, 0.1) is 0 Å². The first kappa shape index (κ1) is 32.0. The predicted octanol–water partition coefficient (Wildman–Crippen LogP) is 5.99. The molecule has 1 heterocycles. The van der Waals surface area contributed by atoms with E-state index < -0.39 is 40.9 Å². The van der Waals surface area contributed by atoms with Crippen molar-refractivity contribution in [2.45, 2.75) is 103 Å². The van der Waals surface area contributed by atoms with Crippen molar-refractivity contribution < 1.29 is 52.4 Å². The highest BCUT2D eigenvalue weighted by molar-refractivity contribution is 5.80. The Morgan fingerprint density at radius 1 is 0.578 bits per heavy atom. The lowest BCUT2D eigenvalue weighted by Gasteiger charge is -2.58. The molecule has 0 amide bonds. The van der Waals surface area contributed by atoms with Crippen molar-refractivity contribution in [3.05, 3.63) is 35.4 Å². The minimum Gasteiger partial charge on any atom is -0.478 e. The maximum Gasteiger partial charge on any atom is 0.308 e. The highest BCUT2D eigenvalue weighted by atomic mass is 16.6. The van der Waals surface area contributed by atoms with Crippen LogP contribution in [0, 0.1) is 5.92 Å². The lowest BCUT2D eigenvalue weighted by molar-refractivity contribution is -0.136. The fourth-order valence-corrected chi connectivity index (χ4v) is 7.65. The van der Waals surface area contributed by atoms with Crippen LogP contribution >= 0.6 is 0 Å². The molecule has 0 radical (unpaired) electrons. The Kier molecular flexibility index (Phi) is 8.91. The summed E-state index contributed by atoms with van der Waals surface area (Å²) in [5, 5.41) is 0. The van der Waals surface area contributed by atoms with Crippen LogP contribution in [0.15, 0.2) is 24.3 Å². The van der Waals surface area contributed by atoms with Crippen LogP contribution in [0.4, 0.5) is 0 Å². The number of hydrogen-bond acceptors (Lipinski definition) is 11. The Morgan fingerprint density at radius 2 is 1.07 bits per heavy atom. The Bertz CT molecular complexity index is 1550. The molecule has 0 saturated heterocycles. The highest BCUT2D eigenvalue weighted by Crippen LogP contribution is 2.66. The van der Waals surface area contributed by atoms with Crippen molar-refractivity contribution >= 4 is 29.8 Å². The van der Waals surface area contributed by atoms with Crippen molar-refractivity contribution in [1.29, 1.82) is 0 Å². The molecule has 2 atom stereocenters. The van der Waals surface area contributed by atoms with Gasteiger partial charge in [0.25, 0.3) is 0 Å². The normalized spacial score (nSPS) is 21.3. The fourth-order valence-electron chi connectivity index (χ4n) is 7.65. The number of esters is 5. The third kappa shape index (κ3) is 6.00. The third-order valence-electron chi connectivity index (χ3n) is 8.94. The molecule has 1 spiro atoms. The molecule has 45 heavy (non-hydrogen) atoms. The van der Waals surface area contributed by atoms with E-state index in [0.29, 0.717) is 12.0 Å². The van der Waals surface area contributed by atoms with Crippen LogP contribution in [-0.4, -0.2) is 29.8 Å². The largest absolute Gasteiger partial charge is 0.478 e. The summed E-state index contributed by atoms with van der Waals surface area (Å²) in [4.78, 5) is 61.4. The van der Waals surface area contributed by atoms with Gasteiger partial charge in [-0.3, -0.25) is 24.0 Å². The number of carbonyl (C=O) groups is 5. The maximum absolute atomic E-state index is 12.6. The zero-order valence-corrected chi connectivity index (χ0v) is 26.2. The van der Waals surface area contributed by atoms with Gasteiger partial charge >= 0.3 is 29.8 Å². The van der Waals surface area contributed by atoms with Crippen LogP contribution in [0.3, 0.4) is 0 Å². The molecular formula is C34H38O11. The van der Waals surface area contributed by atoms with Gasteiger partial charge in [-0.25, -0.2) is 0 Å². The molecule has 240 valence electrons. The number of fused-ring (bicyclic) bond motifs is 4. The van der Waals surface area contributed by atoms with Gasteiger partial charge < -0.3 is 28.4 Å². The molecule has 2 saturated carbocycles. The molecule has 2 aromatic carbocycles. The van der Waals surface area contributed by atoms with Gasteiger partial charge in [-0.1, -0.05) is 31.7 Å². The lowest BCUT2D eigenvalue weighted by atomic mass is 9.51. The minimum absolute atomic E-state index is 0.00525. The molecule has 3 aliphatic rings. The van der Waals surface area contributed by atoms with E-state index in [1.807, 2.05) is 6.07 Å². The first-order valence-corrected chi connectivity index (χ1v) is 15.3. The van der Waals surface area contributed by atoms with E-state index >= 15 is 0 Å². The van der Waals surface area contributed by atoms with Crippen molar-refractivity contribution in [3.63, 3.8) is 0 Å². The summed E-state index contributed by atoms with van der Waals surface area (Å²) in [6, 6.07) is 6.71. The predicted molar refractivity (Wildman–Crippen MR) is 158 cm³/mol. The zero-order chi connectivity index (χ0) is 32.5. The first-order chi connectivity index (χ1) is 21.4. The molecule has 0 unspecified atom stereocenters. The summed E-state index contributed by atoms with van der Waals surface area (Å²) in [7, 11) is 0. The van der Waals surface area contributed by atoms with Crippen LogP contribution in [0.1, 0.15) is 104 Å². The Balaban J connectivity index is 1.85. The third-order valence-corrected chi connectivity index (χ3v) is 8.94. The van der Waals surface area contributed by atoms with E-state index in [0.717, 1.165) is 56.9 Å². The van der Waals surface area contributed by atoms with Crippen molar-refractivity contribution in [3.8, 4) is 34.5 Å². The van der Waals surface area contributed by atoms with Gasteiger partial charge in [-0.05, 0) is 50.3 Å². The monoisotopic (exact) mass is 622 g/mol. The van der Waals surface area contributed by atoms with Crippen LogP contribution < -0.4 is 28.4 Å². The van der Waals surface area contributed by atoms with Crippen molar-refractivity contribution in [2.75, 3.05) is 0 Å². The van der Waals surface area contributed by atoms with Gasteiger partial charge in [-0.15, -0.1) is 0 Å². The van der Waals surface area contributed by atoms with Gasteiger partial charge in [0.15, 0.2) is 23.0 Å². The number of hydrogen-bond donors (Lipinski definition) is 0. The molecule has 2 aromatic rings. The first-order valence-electron chi connectivity index (χ1n) is 15.3. The number of carbonyl (C=O) groups excluding carboxylic acids is 5. The second-order valence-corrected chi connectivity index (χ2v) is 12.0.